The number of guanidine groups is 1. The third-order valence-corrected chi connectivity index (χ3v) is 3.31. The first-order valence-corrected chi connectivity index (χ1v) is 8.26. The molecule has 0 radical (unpaired) electrons. The maximum atomic E-state index is 12.7. The van der Waals surface area contributed by atoms with E-state index in [1.165, 1.54) is 0 Å². The molecule has 0 saturated heterocycles. The minimum Gasteiger partial charge on any atom is -0.490 e. The van der Waals surface area contributed by atoms with Crippen LogP contribution in [-0.2, 0) is 6.54 Å². The van der Waals surface area contributed by atoms with E-state index < -0.39 is 6.61 Å². The molecule has 0 aliphatic carbocycles. The summed E-state index contributed by atoms with van der Waals surface area (Å²) in [4.78, 5) is 4.12. The Hall–Kier alpha value is -2.05. The van der Waals surface area contributed by atoms with Gasteiger partial charge in [-0.15, -0.1) is 0 Å². The number of benzene rings is 1. The largest absolute Gasteiger partial charge is 0.490 e. The molecule has 0 amide bonds. The second-order valence-electron chi connectivity index (χ2n) is 5.12. The number of hydrogen-bond acceptors (Lipinski definition) is 3. The van der Waals surface area contributed by atoms with Gasteiger partial charge in [0.2, 0.25) is 0 Å². The third kappa shape index (κ3) is 7.02. The Bertz CT molecular complexity index is 511. The molecule has 0 aromatic heterocycles. The Kier molecular flexibility index (Phi) is 9.56. The summed E-state index contributed by atoms with van der Waals surface area (Å²) in [5, 5.41) is 6.30. The highest BCUT2D eigenvalue weighted by atomic mass is 19.3. The maximum Gasteiger partial charge on any atom is 0.387 e. The highest BCUT2D eigenvalue weighted by Gasteiger charge is 2.15. The standard InChI is InChI=1S/C17H27F2N3O2/c1-4-6-7-11-21-17(20-3)22-12-13-9-8-10-14(23-5-2)15(13)24-16(18)19/h8-10,16H,4-7,11-12H2,1-3H3,(H2,20,21,22). The van der Waals surface area contributed by atoms with Crippen molar-refractivity contribution in [1.29, 1.82) is 0 Å². The SMILES string of the molecule is CCCCCNC(=NC)NCc1cccc(OCC)c1OC(F)F. The fourth-order valence-electron chi connectivity index (χ4n) is 2.17. The summed E-state index contributed by atoms with van der Waals surface area (Å²) in [6.07, 6.45) is 3.34. The molecule has 7 heteroatoms. The molecule has 1 aromatic carbocycles. The molecule has 0 heterocycles. The molecule has 24 heavy (non-hydrogen) atoms. The van der Waals surface area contributed by atoms with Gasteiger partial charge >= 0.3 is 6.61 Å². The van der Waals surface area contributed by atoms with E-state index in [1.54, 1.807) is 32.2 Å². The quantitative estimate of drug-likeness (QED) is 0.388. The molecule has 0 aliphatic rings. The van der Waals surface area contributed by atoms with Gasteiger partial charge in [0.1, 0.15) is 0 Å². The number of aliphatic imine (C=N–C) groups is 1. The van der Waals surface area contributed by atoms with Crippen LogP contribution in [0.4, 0.5) is 8.78 Å². The van der Waals surface area contributed by atoms with Crippen LogP contribution in [0.3, 0.4) is 0 Å². The second-order valence-corrected chi connectivity index (χ2v) is 5.12. The maximum absolute atomic E-state index is 12.7. The molecule has 2 N–H and O–H groups in total. The third-order valence-electron chi connectivity index (χ3n) is 3.31. The van der Waals surface area contributed by atoms with Crippen LogP contribution in [0, 0.1) is 0 Å². The van der Waals surface area contributed by atoms with Crippen LogP contribution in [0.2, 0.25) is 0 Å². The lowest BCUT2D eigenvalue weighted by molar-refractivity contribution is -0.0520. The highest BCUT2D eigenvalue weighted by molar-refractivity contribution is 5.79. The summed E-state index contributed by atoms with van der Waals surface area (Å²) in [5.41, 5.74) is 0.581. The van der Waals surface area contributed by atoms with Gasteiger partial charge in [0, 0.05) is 25.7 Å². The normalized spacial score (nSPS) is 11.5. The van der Waals surface area contributed by atoms with Gasteiger partial charge < -0.3 is 20.1 Å². The van der Waals surface area contributed by atoms with E-state index in [0.717, 1.165) is 25.8 Å². The summed E-state index contributed by atoms with van der Waals surface area (Å²) in [6.45, 7) is 2.51. The van der Waals surface area contributed by atoms with Gasteiger partial charge in [0.25, 0.3) is 0 Å². The zero-order chi connectivity index (χ0) is 17.8. The Labute approximate surface area is 142 Å². The van der Waals surface area contributed by atoms with Crippen molar-refractivity contribution < 1.29 is 18.3 Å². The fourth-order valence-corrected chi connectivity index (χ4v) is 2.17. The molecule has 0 saturated carbocycles. The highest BCUT2D eigenvalue weighted by Crippen LogP contribution is 2.32. The van der Waals surface area contributed by atoms with Crippen molar-refractivity contribution in [3.63, 3.8) is 0 Å². The van der Waals surface area contributed by atoms with Crippen LogP contribution in [0.25, 0.3) is 0 Å². The topological polar surface area (TPSA) is 54.9 Å². The van der Waals surface area contributed by atoms with Gasteiger partial charge in [0.05, 0.1) is 6.61 Å². The Morgan fingerprint density at radius 2 is 2.00 bits per heavy atom. The van der Waals surface area contributed by atoms with Crippen molar-refractivity contribution in [2.45, 2.75) is 46.3 Å². The van der Waals surface area contributed by atoms with Gasteiger partial charge in [-0.2, -0.15) is 8.78 Å². The van der Waals surface area contributed by atoms with Crippen LogP contribution in [0.15, 0.2) is 23.2 Å². The molecule has 5 nitrogen and oxygen atoms in total. The number of halogens is 2. The summed E-state index contributed by atoms with van der Waals surface area (Å²) >= 11 is 0. The first kappa shape index (κ1) is 20.0. The van der Waals surface area contributed by atoms with Crippen LogP contribution in [0.1, 0.15) is 38.7 Å². The van der Waals surface area contributed by atoms with Gasteiger partial charge in [-0.3, -0.25) is 4.99 Å². The molecule has 0 unspecified atom stereocenters. The Balaban J connectivity index is 2.72. The molecular formula is C17H27F2N3O2. The second kappa shape index (κ2) is 11.5. The summed E-state index contributed by atoms with van der Waals surface area (Å²) in [5.74, 6) is 0.988. The van der Waals surface area contributed by atoms with Gasteiger partial charge in [-0.1, -0.05) is 31.9 Å². The van der Waals surface area contributed by atoms with Crippen LogP contribution in [-0.4, -0.2) is 32.8 Å². The molecule has 0 atom stereocenters. The van der Waals surface area contributed by atoms with Gasteiger partial charge in [0.15, 0.2) is 17.5 Å². The predicted octanol–water partition coefficient (Wildman–Crippen LogP) is 3.54. The smallest absolute Gasteiger partial charge is 0.387 e. The van der Waals surface area contributed by atoms with E-state index in [-0.39, 0.29) is 5.75 Å². The zero-order valence-corrected chi connectivity index (χ0v) is 14.6. The minimum absolute atomic E-state index is 0.0586. The fraction of sp³-hybridized carbons (Fsp3) is 0.588. The molecule has 0 spiro atoms. The number of rotatable bonds is 10. The van der Waals surface area contributed by atoms with E-state index in [2.05, 4.69) is 27.3 Å². The van der Waals surface area contributed by atoms with E-state index in [0.29, 0.717) is 30.4 Å². The molecule has 0 aliphatic heterocycles. The Morgan fingerprint density at radius 1 is 1.21 bits per heavy atom. The van der Waals surface area contributed by atoms with E-state index in [1.807, 2.05) is 0 Å². The van der Waals surface area contributed by atoms with E-state index in [4.69, 9.17) is 4.74 Å². The molecule has 0 fully saturated rings. The molecule has 1 aromatic rings. The average molecular weight is 343 g/mol. The number of unbranched alkanes of at least 4 members (excludes halogenated alkanes) is 2. The molecular weight excluding hydrogens is 316 g/mol. The van der Waals surface area contributed by atoms with Crippen molar-refractivity contribution in [1.82, 2.24) is 10.6 Å². The van der Waals surface area contributed by atoms with Crippen molar-refractivity contribution in [2.75, 3.05) is 20.2 Å². The number of nitrogens with one attached hydrogen (secondary N) is 2. The van der Waals surface area contributed by atoms with Crippen LogP contribution >= 0.6 is 0 Å². The average Bonchev–Trinajstić information content (AvgIpc) is 2.56. The minimum atomic E-state index is -2.91. The van der Waals surface area contributed by atoms with Crippen LogP contribution < -0.4 is 20.1 Å². The summed E-state index contributed by atoms with van der Waals surface area (Å²) in [7, 11) is 1.67. The summed E-state index contributed by atoms with van der Waals surface area (Å²) < 4.78 is 35.4. The summed E-state index contributed by atoms with van der Waals surface area (Å²) in [6, 6.07) is 5.08. The van der Waals surface area contributed by atoms with Crippen LogP contribution in [0.5, 0.6) is 11.5 Å². The first-order valence-electron chi connectivity index (χ1n) is 8.26. The lowest BCUT2D eigenvalue weighted by atomic mass is 10.2. The zero-order valence-electron chi connectivity index (χ0n) is 14.6. The van der Waals surface area contributed by atoms with Gasteiger partial charge in [-0.25, -0.2) is 0 Å². The van der Waals surface area contributed by atoms with E-state index >= 15 is 0 Å². The number of hydrogen-bond donors (Lipinski definition) is 2. The molecule has 136 valence electrons. The number of ether oxygens (including phenoxy) is 2. The van der Waals surface area contributed by atoms with E-state index in [9.17, 15) is 8.78 Å². The van der Waals surface area contributed by atoms with Gasteiger partial charge in [-0.05, 0) is 19.4 Å². The van der Waals surface area contributed by atoms with Crippen molar-refractivity contribution in [3.8, 4) is 11.5 Å². The lowest BCUT2D eigenvalue weighted by Gasteiger charge is -2.17. The lowest BCUT2D eigenvalue weighted by Crippen LogP contribution is -2.37. The molecule has 0 bridgehead atoms. The number of alkyl halides is 2. The Morgan fingerprint density at radius 3 is 2.62 bits per heavy atom. The molecule has 1 rings (SSSR count). The van der Waals surface area contributed by atoms with Crippen molar-refractivity contribution in [2.24, 2.45) is 4.99 Å². The van der Waals surface area contributed by atoms with Crippen molar-refractivity contribution in [3.05, 3.63) is 23.8 Å². The van der Waals surface area contributed by atoms with Crippen molar-refractivity contribution >= 4 is 5.96 Å². The predicted molar refractivity (Wildman–Crippen MR) is 92.0 cm³/mol. The monoisotopic (exact) mass is 343 g/mol. The first-order chi connectivity index (χ1) is 11.6. The number of nitrogens with zero attached hydrogens (tertiary/aromatic N) is 1. The number of para-hydroxylation sites is 1.